The van der Waals surface area contributed by atoms with E-state index in [1.165, 1.54) is 11.4 Å². The van der Waals surface area contributed by atoms with Gasteiger partial charge in [0.05, 0.1) is 0 Å². The number of rotatable bonds is 4. The first-order valence-corrected chi connectivity index (χ1v) is 17.7. The Morgan fingerprint density at radius 1 is 0.531 bits per heavy atom. The molecular weight excluding hydrogens is 796 g/mol. The number of hydrogen-bond acceptors (Lipinski definition) is 3. The molecule has 8 aromatic carbocycles. The van der Waals surface area contributed by atoms with Crippen LogP contribution in [0.1, 0.15) is 0 Å². The zero-order valence-corrected chi connectivity index (χ0v) is 30.1. The molecule has 0 aromatic heterocycles. The maximum Gasteiger partial charge on any atom is 3.00 e. The number of hydrogen-bond donors (Lipinski definition) is 0. The summed E-state index contributed by atoms with van der Waals surface area (Å²) in [6, 6.07) is 63.9. The SMILES string of the molecule is CN1[CH-]N(c2[c-]cccc2)c2ccccc21.O=P(c1[c-]cc2ccccc2c1)(c1ccc2ccccc2c1)c1ccc2ccccc2c1.[Ir+3]. The minimum Gasteiger partial charge on any atom is -0.504 e. The van der Waals surface area contributed by atoms with Crippen LogP contribution >= 0.6 is 7.14 Å². The zero-order valence-electron chi connectivity index (χ0n) is 26.8. The van der Waals surface area contributed by atoms with E-state index < -0.39 is 7.14 Å². The second-order valence-corrected chi connectivity index (χ2v) is 14.7. The summed E-state index contributed by atoms with van der Waals surface area (Å²) in [5.74, 6) is 0. The van der Waals surface area contributed by atoms with Crippen molar-refractivity contribution in [3.05, 3.63) is 189 Å². The molecule has 1 aliphatic rings. The molecule has 5 heteroatoms. The summed E-state index contributed by atoms with van der Waals surface area (Å²) < 4.78 is 15.1. The van der Waals surface area contributed by atoms with Crippen LogP contribution in [-0.2, 0) is 24.7 Å². The van der Waals surface area contributed by atoms with Gasteiger partial charge >= 0.3 is 20.1 Å². The summed E-state index contributed by atoms with van der Waals surface area (Å²) in [6.45, 7) is 2.08. The van der Waals surface area contributed by atoms with Crippen LogP contribution in [0.2, 0.25) is 0 Å². The van der Waals surface area contributed by atoms with Crippen molar-refractivity contribution in [3.63, 3.8) is 0 Å². The molecule has 49 heavy (non-hydrogen) atoms. The van der Waals surface area contributed by atoms with Crippen LogP contribution in [0.5, 0.6) is 0 Å². The van der Waals surface area contributed by atoms with Gasteiger partial charge in [-0.3, -0.25) is 0 Å². The van der Waals surface area contributed by atoms with Gasteiger partial charge in [-0.15, -0.1) is 22.5 Å². The van der Waals surface area contributed by atoms with Crippen molar-refractivity contribution in [2.24, 2.45) is 0 Å². The molecule has 0 spiro atoms. The van der Waals surface area contributed by atoms with Crippen molar-refractivity contribution in [2.45, 2.75) is 0 Å². The molecule has 0 radical (unpaired) electrons. The van der Waals surface area contributed by atoms with E-state index in [0.717, 1.165) is 53.9 Å². The quantitative estimate of drug-likeness (QED) is 0.131. The van der Waals surface area contributed by atoms with Crippen molar-refractivity contribution in [3.8, 4) is 0 Å². The fourth-order valence-electron chi connectivity index (χ4n) is 6.46. The fraction of sp³-hybridized carbons (Fsp3) is 0.0227. The van der Waals surface area contributed by atoms with Crippen LogP contribution in [0.4, 0.5) is 17.1 Å². The smallest absolute Gasteiger partial charge is 0.504 e. The molecule has 0 unspecified atom stereocenters. The molecular formula is C44H32IrN2OP. The standard InChI is InChI=1S/C30H20OP.C14H12N2.Ir/c31-32(28-16-13-22-7-1-4-10-25(22)19-28,29-17-14-23-8-2-5-11-26(23)20-29)30-18-15-24-9-3-6-12-27(24)21-30;1-15-11-16(12-7-3-2-4-8-12)14-10-6-5-9-13(14)15;/h1-17,19-21H;2-7,9-11H,1H3;/q-1;-2;+3. The average molecular weight is 828 g/mol. The molecule has 8 aromatic rings. The third-order valence-corrected chi connectivity index (χ3v) is 11.9. The molecule has 0 amide bonds. The average Bonchev–Trinajstić information content (AvgIpc) is 3.50. The number of para-hydroxylation sites is 3. The summed E-state index contributed by atoms with van der Waals surface area (Å²) >= 11 is 0. The minimum absolute atomic E-state index is 0. The van der Waals surface area contributed by atoms with Gasteiger partial charge in [0.25, 0.3) is 0 Å². The Balaban J connectivity index is 0.000000187. The van der Waals surface area contributed by atoms with Gasteiger partial charge in [-0.05, 0) is 52.9 Å². The second-order valence-electron chi connectivity index (χ2n) is 12.0. The second kappa shape index (κ2) is 13.9. The van der Waals surface area contributed by atoms with Crippen molar-refractivity contribution in [2.75, 3.05) is 16.8 Å². The van der Waals surface area contributed by atoms with E-state index >= 15 is 4.57 Å². The molecule has 0 saturated carbocycles. The summed E-state index contributed by atoms with van der Waals surface area (Å²) in [4.78, 5) is 4.27. The van der Waals surface area contributed by atoms with Gasteiger partial charge in [0.2, 0.25) is 0 Å². The van der Waals surface area contributed by atoms with Crippen LogP contribution in [0.25, 0.3) is 32.3 Å². The summed E-state index contributed by atoms with van der Waals surface area (Å²) in [5.41, 5.74) is 3.49. The van der Waals surface area contributed by atoms with E-state index in [4.69, 9.17) is 0 Å². The topological polar surface area (TPSA) is 23.6 Å². The molecule has 3 nitrogen and oxygen atoms in total. The Labute approximate surface area is 301 Å². The van der Waals surface area contributed by atoms with Crippen LogP contribution < -0.4 is 25.7 Å². The predicted octanol–water partition coefficient (Wildman–Crippen LogP) is 9.78. The van der Waals surface area contributed by atoms with Gasteiger partial charge < -0.3 is 14.4 Å². The molecule has 0 atom stereocenters. The molecule has 238 valence electrons. The number of fused-ring (bicyclic) bond motifs is 4. The van der Waals surface area contributed by atoms with Crippen molar-refractivity contribution >= 4 is 72.4 Å². The first-order chi connectivity index (χ1) is 23.6. The van der Waals surface area contributed by atoms with Crippen LogP contribution in [0.15, 0.2) is 170 Å². The first kappa shape index (κ1) is 32.6. The summed E-state index contributed by atoms with van der Waals surface area (Å²) in [7, 11) is -1.09. The van der Waals surface area contributed by atoms with Gasteiger partial charge in [0.15, 0.2) is 0 Å². The molecule has 1 aliphatic heterocycles. The monoisotopic (exact) mass is 828 g/mol. The zero-order chi connectivity index (χ0) is 32.5. The normalized spacial score (nSPS) is 12.3. The van der Waals surface area contributed by atoms with Crippen molar-refractivity contribution < 1.29 is 24.7 Å². The molecule has 0 saturated heterocycles. The summed E-state index contributed by atoms with van der Waals surface area (Å²) in [5, 5.41) is 9.03. The predicted molar refractivity (Wildman–Crippen MR) is 204 cm³/mol. The van der Waals surface area contributed by atoms with E-state index in [-0.39, 0.29) is 20.1 Å². The molecule has 0 N–H and O–H groups in total. The molecule has 9 rings (SSSR count). The Morgan fingerprint density at radius 3 is 1.63 bits per heavy atom. The van der Waals surface area contributed by atoms with Crippen molar-refractivity contribution in [1.29, 1.82) is 0 Å². The van der Waals surface area contributed by atoms with Gasteiger partial charge in [0, 0.05) is 22.0 Å². The van der Waals surface area contributed by atoms with Gasteiger partial charge in [-0.1, -0.05) is 108 Å². The van der Waals surface area contributed by atoms with Gasteiger partial charge in [0.1, 0.15) is 7.14 Å². The van der Waals surface area contributed by atoms with Crippen LogP contribution in [-0.4, -0.2) is 7.05 Å². The Hall–Kier alpha value is -4.98. The molecule has 0 aliphatic carbocycles. The third-order valence-electron chi connectivity index (χ3n) is 8.96. The minimum atomic E-state index is -3.15. The van der Waals surface area contributed by atoms with E-state index in [0.29, 0.717) is 0 Å². The van der Waals surface area contributed by atoms with Gasteiger partial charge in [-0.2, -0.15) is 55.2 Å². The van der Waals surface area contributed by atoms with Gasteiger partial charge in [-0.25, -0.2) is 0 Å². The Bertz CT molecular complexity index is 2260. The van der Waals surface area contributed by atoms with Crippen LogP contribution in [0, 0.1) is 18.8 Å². The Morgan fingerprint density at radius 2 is 1.04 bits per heavy atom. The largest absolute Gasteiger partial charge is 3.00 e. The summed E-state index contributed by atoms with van der Waals surface area (Å²) in [6.07, 6.45) is 0. The molecule has 0 fully saturated rings. The molecule has 1 heterocycles. The number of benzene rings is 8. The fourth-order valence-corrected chi connectivity index (χ4v) is 9.09. The van der Waals surface area contributed by atoms with E-state index in [1.54, 1.807) is 0 Å². The molecule has 0 bridgehead atoms. The maximum absolute atomic E-state index is 15.1. The third kappa shape index (κ3) is 6.20. The number of nitrogens with zero attached hydrogens (tertiary/aromatic N) is 2. The maximum atomic E-state index is 15.1. The Kier molecular flexibility index (Phi) is 9.21. The number of anilines is 3. The van der Waals surface area contributed by atoms with E-state index in [9.17, 15) is 0 Å². The van der Waals surface area contributed by atoms with Crippen molar-refractivity contribution in [1.82, 2.24) is 0 Å². The van der Waals surface area contributed by atoms with Crippen LogP contribution in [0.3, 0.4) is 0 Å². The van der Waals surface area contributed by atoms with E-state index in [1.807, 2.05) is 78.9 Å². The first-order valence-electron chi connectivity index (χ1n) is 16.0. The van der Waals surface area contributed by atoms with E-state index in [2.05, 4.69) is 127 Å².